The lowest BCUT2D eigenvalue weighted by atomic mass is 9.97. The molecule has 0 heterocycles. The van der Waals surface area contributed by atoms with Gasteiger partial charge in [-0.1, -0.05) is 35.5 Å². The van der Waals surface area contributed by atoms with Gasteiger partial charge in [0.25, 0.3) is 0 Å². The van der Waals surface area contributed by atoms with Crippen LogP contribution in [-0.4, -0.2) is 35.6 Å². The van der Waals surface area contributed by atoms with Gasteiger partial charge >= 0.3 is 0 Å². The van der Waals surface area contributed by atoms with Crippen molar-refractivity contribution in [2.24, 2.45) is 10.9 Å². The summed E-state index contributed by atoms with van der Waals surface area (Å²) < 4.78 is 0. The lowest BCUT2D eigenvalue weighted by Crippen LogP contribution is -2.36. The van der Waals surface area contributed by atoms with Crippen molar-refractivity contribution >= 4 is 5.84 Å². The first-order valence-corrected chi connectivity index (χ1v) is 5.78. The van der Waals surface area contributed by atoms with Crippen LogP contribution in [0.3, 0.4) is 0 Å². The monoisotopic (exact) mass is 235 g/mol. The predicted octanol–water partition coefficient (Wildman–Crippen LogP) is 1.86. The van der Waals surface area contributed by atoms with E-state index in [4.69, 9.17) is 10.9 Å². The van der Waals surface area contributed by atoms with Crippen molar-refractivity contribution in [2.75, 3.05) is 13.6 Å². The van der Waals surface area contributed by atoms with E-state index < -0.39 is 0 Å². The molecule has 0 amide bonds. The van der Waals surface area contributed by atoms with Gasteiger partial charge in [0.15, 0.2) is 0 Å². The van der Waals surface area contributed by atoms with Crippen LogP contribution in [-0.2, 0) is 0 Å². The number of nitrogens with zero attached hydrogens (tertiary/aromatic N) is 2. The molecule has 0 fully saturated rings. The molecule has 0 radical (unpaired) electrons. The molecule has 3 N–H and O–H groups in total. The van der Waals surface area contributed by atoms with Crippen molar-refractivity contribution < 1.29 is 5.21 Å². The highest BCUT2D eigenvalue weighted by molar-refractivity contribution is 5.87. The molecule has 0 aromatic heterocycles. The summed E-state index contributed by atoms with van der Waals surface area (Å²) in [7, 11) is 2.03. The molecule has 1 aromatic rings. The minimum Gasteiger partial charge on any atom is -0.409 e. The average molecular weight is 235 g/mol. The summed E-state index contributed by atoms with van der Waals surface area (Å²) in [5.41, 5.74) is 6.84. The molecule has 1 rings (SSSR count). The molecule has 4 nitrogen and oxygen atoms in total. The topological polar surface area (TPSA) is 61.8 Å². The van der Waals surface area contributed by atoms with Gasteiger partial charge in [0.05, 0.1) is 5.92 Å². The average Bonchev–Trinajstić information content (AvgIpc) is 2.35. The molecule has 94 valence electrons. The summed E-state index contributed by atoms with van der Waals surface area (Å²) in [6, 6.07) is 10.3. The Hall–Kier alpha value is -1.55. The number of amidine groups is 1. The Morgan fingerprint density at radius 3 is 2.41 bits per heavy atom. The van der Waals surface area contributed by atoms with E-state index in [2.05, 4.69) is 23.9 Å². The Kier molecular flexibility index (Phi) is 4.97. The van der Waals surface area contributed by atoms with Crippen LogP contribution in [0.15, 0.2) is 35.5 Å². The lowest BCUT2D eigenvalue weighted by Gasteiger charge is -2.26. The predicted molar refractivity (Wildman–Crippen MR) is 70.4 cm³/mol. The van der Waals surface area contributed by atoms with Crippen LogP contribution in [0, 0.1) is 0 Å². The molecule has 1 unspecified atom stereocenters. The quantitative estimate of drug-likeness (QED) is 0.354. The first-order valence-electron chi connectivity index (χ1n) is 5.78. The molecule has 0 bridgehead atoms. The van der Waals surface area contributed by atoms with Gasteiger partial charge in [-0.15, -0.1) is 0 Å². The van der Waals surface area contributed by atoms with Crippen LogP contribution >= 0.6 is 0 Å². The van der Waals surface area contributed by atoms with Crippen LogP contribution in [0.1, 0.15) is 25.3 Å². The molecule has 0 aliphatic carbocycles. The Morgan fingerprint density at radius 2 is 1.94 bits per heavy atom. The van der Waals surface area contributed by atoms with Crippen LogP contribution in [0.2, 0.25) is 0 Å². The largest absolute Gasteiger partial charge is 0.409 e. The third-order valence-corrected chi connectivity index (χ3v) is 3.03. The molecule has 4 heteroatoms. The first-order chi connectivity index (χ1) is 8.06. The fourth-order valence-electron chi connectivity index (χ4n) is 1.62. The van der Waals surface area contributed by atoms with E-state index >= 15 is 0 Å². The smallest absolute Gasteiger partial charge is 0.147 e. The maximum Gasteiger partial charge on any atom is 0.147 e. The van der Waals surface area contributed by atoms with Gasteiger partial charge in [0.1, 0.15) is 5.84 Å². The standard InChI is InChI=1S/C13H21N3O/c1-10(2)16(3)9-12(13(14)15-17)11-7-5-4-6-8-11/h4-8,10,12,17H,9H2,1-3H3,(H2,14,15). The minimum absolute atomic E-state index is 0.0754. The fraction of sp³-hybridized carbons (Fsp3) is 0.462. The Balaban J connectivity index is 2.90. The zero-order valence-electron chi connectivity index (χ0n) is 10.7. The number of nitrogens with two attached hydrogens (primary N) is 1. The van der Waals surface area contributed by atoms with E-state index in [-0.39, 0.29) is 11.8 Å². The van der Waals surface area contributed by atoms with Gasteiger partial charge in [-0.05, 0) is 26.5 Å². The van der Waals surface area contributed by atoms with E-state index in [9.17, 15) is 0 Å². The van der Waals surface area contributed by atoms with Crippen molar-refractivity contribution in [3.05, 3.63) is 35.9 Å². The molecule has 1 atom stereocenters. The second-order valence-electron chi connectivity index (χ2n) is 4.52. The third kappa shape index (κ3) is 3.75. The van der Waals surface area contributed by atoms with Gasteiger partial charge in [-0.3, -0.25) is 0 Å². The van der Waals surface area contributed by atoms with Crippen LogP contribution in [0.25, 0.3) is 0 Å². The highest BCUT2D eigenvalue weighted by Gasteiger charge is 2.19. The lowest BCUT2D eigenvalue weighted by molar-refractivity contribution is 0.266. The van der Waals surface area contributed by atoms with E-state index in [1.165, 1.54) is 0 Å². The molecular formula is C13H21N3O. The van der Waals surface area contributed by atoms with Gasteiger partial charge < -0.3 is 15.8 Å². The molecular weight excluding hydrogens is 214 g/mol. The van der Waals surface area contributed by atoms with Gasteiger partial charge in [-0.25, -0.2) is 0 Å². The highest BCUT2D eigenvalue weighted by Crippen LogP contribution is 2.17. The van der Waals surface area contributed by atoms with E-state index in [1.54, 1.807) is 0 Å². The molecule has 0 aliphatic heterocycles. The Labute approximate surface area is 103 Å². The van der Waals surface area contributed by atoms with Crippen molar-refractivity contribution in [2.45, 2.75) is 25.8 Å². The molecule has 17 heavy (non-hydrogen) atoms. The molecule has 1 aromatic carbocycles. The van der Waals surface area contributed by atoms with Gasteiger partial charge in [0.2, 0.25) is 0 Å². The van der Waals surface area contributed by atoms with Crippen molar-refractivity contribution in [1.82, 2.24) is 4.90 Å². The second-order valence-corrected chi connectivity index (χ2v) is 4.52. The van der Waals surface area contributed by atoms with Crippen LogP contribution < -0.4 is 5.73 Å². The zero-order chi connectivity index (χ0) is 12.8. The molecule has 0 saturated carbocycles. The summed E-state index contributed by atoms with van der Waals surface area (Å²) in [5.74, 6) is 0.178. The summed E-state index contributed by atoms with van der Waals surface area (Å²) in [4.78, 5) is 2.18. The van der Waals surface area contributed by atoms with Crippen LogP contribution in [0.5, 0.6) is 0 Å². The van der Waals surface area contributed by atoms with Crippen molar-refractivity contribution in [1.29, 1.82) is 0 Å². The van der Waals surface area contributed by atoms with E-state index in [0.29, 0.717) is 6.04 Å². The maximum atomic E-state index is 8.86. The molecule has 0 spiro atoms. The minimum atomic E-state index is -0.0754. The Bertz CT molecular complexity index is 362. The van der Waals surface area contributed by atoms with E-state index in [1.807, 2.05) is 37.4 Å². The summed E-state index contributed by atoms with van der Waals surface area (Å²) >= 11 is 0. The fourth-order valence-corrected chi connectivity index (χ4v) is 1.62. The zero-order valence-corrected chi connectivity index (χ0v) is 10.7. The summed E-state index contributed by atoms with van der Waals surface area (Å²) in [6.07, 6.45) is 0. The number of rotatable bonds is 5. The van der Waals surface area contributed by atoms with Crippen LogP contribution in [0.4, 0.5) is 0 Å². The maximum absolute atomic E-state index is 8.86. The summed E-state index contributed by atoms with van der Waals surface area (Å²) in [5, 5.41) is 12.0. The second kappa shape index (κ2) is 6.25. The number of oxime groups is 1. The molecule has 0 aliphatic rings. The number of hydrogen-bond donors (Lipinski definition) is 2. The normalized spacial score (nSPS) is 14.3. The summed E-state index contributed by atoms with van der Waals surface area (Å²) in [6.45, 7) is 4.97. The van der Waals surface area contributed by atoms with Gasteiger partial charge in [0, 0.05) is 12.6 Å². The van der Waals surface area contributed by atoms with Crippen molar-refractivity contribution in [3.63, 3.8) is 0 Å². The third-order valence-electron chi connectivity index (χ3n) is 3.03. The first kappa shape index (κ1) is 13.5. The number of benzene rings is 1. The SMILES string of the molecule is CC(C)N(C)CC(C(N)=NO)c1ccccc1. The number of likely N-dealkylation sites (N-methyl/N-ethyl adjacent to an activating group) is 1. The van der Waals surface area contributed by atoms with E-state index in [0.717, 1.165) is 12.1 Å². The number of hydrogen-bond acceptors (Lipinski definition) is 3. The highest BCUT2D eigenvalue weighted by atomic mass is 16.4. The van der Waals surface area contributed by atoms with Crippen molar-refractivity contribution in [3.8, 4) is 0 Å². The Morgan fingerprint density at radius 1 is 1.35 bits per heavy atom. The molecule has 0 saturated heterocycles. The van der Waals surface area contributed by atoms with Gasteiger partial charge in [-0.2, -0.15) is 0 Å².